The van der Waals surface area contributed by atoms with Crippen LogP contribution in [-0.4, -0.2) is 30.0 Å². The van der Waals surface area contributed by atoms with Crippen molar-refractivity contribution in [2.45, 2.75) is 27.2 Å². The van der Waals surface area contributed by atoms with E-state index in [0.717, 1.165) is 11.4 Å². The van der Waals surface area contributed by atoms with Crippen molar-refractivity contribution in [3.8, 4) is 0 Å². The highest BCUT2D eigenvalue weighted by Gasteiger charge is 2.05. The second-order valence-corrected chi connectivity index (χ2v) is 5.83. The number of hydrogen-bond acceptors (Lipinski definition) is 5. The van der Waals surface area contributed by atoms with Crippen molar-refractivity contribution in [1.82, 2.24) is 10.3 Å². The van der Waals surface area contributed by atoms with Crippen molar-refractivity contribution >= 4 is 29.3 Å². The van der Waals surface area contributed by atoms with Crippen LogP contribution in [0.25, 0.3) is 6.08 Å². The van der Waals surface area contributed by atoms with Crippen LogP contribution >= 0.6 is 11.3 Å². The Kier molecular flexibility index (Phi) is 6.93. The predicted molar refractivity (Wildman–Crippen MR) is 79.3 cm³/mol. The molecule has 0 radical (unpaired) electrons. The zero-order chi connectivity index (χ0) is 15.0. The second-order valence-electron chi connectivity index (χ2n) is 4.76. The Morgan fingerprint density at radius 1 is 1.50 bits per heavy atom. The van der Waals surface area contributed by atoms with Crippen LogP contribution in [0, 0.1) is 12.8 Å². The minimum Gasteiger partial charge on any atom is -0.452 e. The lowest BCUT2D eigenvalue weighted by Crippen LogP contribution is -2.29. The van der Waals surface area contributed by atoms with E-state index in [1.807, 2.05) is 12.3 Å². The number of amides is 1. The smallest absolute Gasteiger partial charge is 0.331 e. The summed E-state index contributed by atoms with van der Waals surface area (Å²) in [7, 11) is 0. The van der Waals surface area contributed by atoms with Crippen molar-refractivity contribution in [3.63, 3.8) is 0 Å². The number of carbonyl (C=O) groups is 2. The highest BCUT2D eigenvalue weighted by molar-refractivity contribution is 7.09. The molecule has 1 heterocycles. The summed E-state index contributed by atoms with van der Waals surface area (Å²) in [6.45, 7) is 6.40. The normalized spacial score (nSPS) is 11.0. The number of rotatable bonds is 7. The van der Waals surface area contributed by atoms with Crippen molar-refractivity contribution in [2.75, 3.05) is 13.2 Å². The van der Waals surface area contributed by atoms with Crippen LogP contribution in [-0.2, 0) is 14.3 Å². The van der Waals surface area contributed by atoms with Gasteiger partial charge in [-0.25, -0.2) is 9.78 Å². The molecule has 20 heavy (non-hydrogen) atoms. The van der Waals surface area contributed by atoms with Gasteiger partial charge in [0.15, 0.2) is 6.61 Å². The van der Waals surface area contributed by atoms with E-state index in [0.29, 0.717) is 18.2 Å². The van der Waals surface area contributed by atoms with Crippen molar-refractivity contribution in [1.29, 1.82) is 0 Å². The van der Waals surface area contributed by atoms with E-state index in [9.17, 15) is 9.59 Å². The average molecular weight is 296 g/mol. The van der Waals surface area contributed by atoms with Gasteiger partial charge >= 0.3 is 5.97 Å². The Balaban J connectivity index is 2.22. The zero-order valence-corrected chi connectivity index (χ0v) is 12.8. The van der Waals surface area contributed by atoms with E-state index in [1.54, 1.807) is 6.08 Å². The number of aryl methyl sites for hydroxylation is 1. The van der Waals surface area contributed by atoms with E-state index in [4.69, 9.17) is 4.74 Å². The minimum atomic E-state index is -0.547. The molecule has 0 aliphatic rings. The summed E-state index contributed by atoms with van der Waals surface area (Å²) in [5, 5.41) is 5.47. The van der Waals surface area contributed by atoms with Crippen LogP contribution in [0.1, 0.15) is 31.0 Å². The molecule has 0 aliphatic carbocycles. The molecular formula is C14H20N2O3S. The molecule has 0 aromatic carbocycles. The summed E-state index contributed by atoms with van der Waals surface area (Å²) in [6, 6.07) is 0. The van der Waals surface area contributed by atoms with Gasteiger partial charge in [0.1, 0.15) is 0 Å². The fraction of sp³-hybridized carbons (Fsp3) is 0.500. The maximum Gasteiger partial charge on any atom is 0.331 e. The second kappa shape index (κ2) is 8.47. The van der Waals surface area contributed by atoms with Crippen LogP contribution in [0.15, 0.2) is 11.5 Å². The fourth-order valence-corrected chi connectivity index (χ4v) is 1.93. The number of nitrogens with one attached hydrogen (secondary N) is 1. The van der Waals surface area contributed by atoms with E-state index in [-0.39, 0.29) is 12.5 Å². The van der Waals surface area contributed by atoms with Crippen molar-refractivity contribution in [3.05, 3.63) is 22.2 Å². The number of aromatic nitrogens is 1. The Bertz CT molecular complexity index is 481. The Labute approximate surface area is 123 Å². The van der Waals surface area contributed by atoms with Crippen molar-refractivity contribution in [2.24, 2.45) is 5.92 Å². The molecule has 0 aliphatic heterocycles. The summed E-state index contributed by atoms with van der Waals surface area (Å²) < 4.78 is 4.83. The molecular weight excluding hydrogens is 276 g/mol. The zero-order valence-electron chi connectivity index (χ0n) is 12.0. The summed E-state index contributed by atoms with van der Waals surface area (Å²) >= 11 is 1.51. The van der Waals surface area contributed by atoms with Crippen LogP contribution < -0.4 is 5.32 Å². The maximum absolute atomic E-state index is 11.4. The van der Waals surface area contributed by atoms with Gasteiger partial charge < -0.3 is 10.1 Å². The van der Waals surface area contributed by atoms with Gasteiger partial charge in [-0.05, 0) is 25.3 Å². The number of nitrogens with zero attached hydrogens (tertiary/aromatic N) is 1. The molecule has 1 aromatic rings. The molecule has 1 N–H and O–H groups in total. The SMILES string of the molecule is Cc1nc(/C=C/C(=O)OCC(=O)NCCC(C)C)cs1. The summed E-state index contributed by atoms with van der Waals surface area (Å²) in [5.74, 6) is -0.297. The van der Waals surface area contributed by atoms with E-state index < -0.39 is 5.97 Å². The molecule has 0 fully saturated rings. The van der Waals surface area contributed by atoms with E-state index in [2.05, 4.69) is 24.1 Å². The van der Waals surface area contributed by atoms with Crippen LogP contribution in [0.4, 0.5) is 0 Å². The number of carbonyl (C=O) groups excluding carboxylic acids is 2. The predicted octanol–water partition coefficient (Wildman–Crippen LogP) is 2.17. The monoisotopic (exact) mass is 296 g/mol. The number of hydrogen-bond donors (Lipinski definition) is 1. The number of ether oxygens (including phenoxy) is 1. The first-order valence-corrected chi connectivity index (χ1v) is 7.39. The van der Waals surface area contributed by atoms with Gasteiger partial charge in [0.25, 0.3) is 5.91 Å². The summed E-state index contributed by atoms with van der Waals surface area (Å²) in [6.07, 6.45) is 3.75. The quantitative estimate of drug-likeness (QED) is 0.618. The maximum atomic E-state index is 11.4. The Morgan fingerprint density at radius 3 is 2.85 bits per heavy atom. The lowest BCUT2D eigenvalue weighted by Gasteiger charge is -2.06. The first-order valence-electron chi connectivity index (χ1n) is 6.51. The third-order valence-electron chi connectivity index (χ3n) is 2.42. The molecule has 110 valence electrons. The lowest BCUT2D eigenvalue weighted by atomic mass is 10.1. The van der Waals surface area contributed by atoms with E-state index >= 15 is 0 Å². The van der Waals surface area contributed by atoms with Gasteiger partial charge in [0.05, 0.1) is 10.7 Å². The molecule has 1 rings (SSSR count). The first kappa shape index (κ1) is 16.4. The molecule has 0 unspecified atom stereocenters. The molecule has 0 bridgehead atoms. The molecule has 1 amide bonds. The molecule has 0 atom stereocenters. The van der Waals surface area contributed by atoms with Gasteiger partial charge in [0.2, 0.25) is 0 Å². The molecule has 0 spiro atoms. The minimum absolute atomic E-state index is 0.253. The average Bonchev–Trinajstić information content (AvgIpc) is 2.79. The van der Waals surface area contributed by atoms with Crippen LogP contribution in [0.5, 0.6) is 0 Å². The molecule has 0 saturated carbocycles. The van der Waals surface area contributed by atoms with Gasteiger partial charge in [-0.1, -0.05) is 13.8 Å². The summed E-state index contributed by atoms with van der Waals surface area (Å²) in [4.78, 5) is 27.0. The Hall–Kier alpha value is -1.69. The molecule has 0 saturated heterocycles. The highest BCUT2D eigenvalue weighted by Crippen LogP contribution is 2.09. The first-order chi connectivity index (χ1) is 9.47. The van der Waals surface area contributed by atoms with Gasteiger partial charge in [0, 0.05) is 18.0 Å². The highest BCUT2D eigenvalue weighted by atomic mass is 32.1. The summed E-state index contributed by atoms with van der Waals surface area (Å²) in [5.41, 5.74) is 0.714. The standard InChI is InChI=1S/C14H20N2O3S/c1-10(2)6-7-15-13(17)8-19-14(18)5-4-12-9-20-11(3)16-12/h4-5,9-10H,6-8H2,1-3H3,(H,15,17)/b5-4+. The fourth-order valence-electron chi connectivity index (χ4n) is 1.35. The number of thiazole rings is 1. The Morgan fingerprint density at radius 2 is 2.25 bits per heavy atom. The topological polar surface area (TPSA) is 68.3 Å². The number of esters is 1. The van der Waals surface area contributed by atoms with Gasteiger partial charge in [-0.2, -0.15) is 0 Å². The molecule has 5 nitrogen and oxygen atoms in total. The van der Waals surface area contributed by atoms with Gasteiger partial charge in [-0.15, -0.1) is 11.3 Å². The van der Waals surface area contributed by atoms with E-state index in [1.165, 1.54) is 17.4 Å². The van der Waals surface area contributed by atoms with Crippen LogP contribution in [0.3, 0.4) is 0 Å². The van der Waals surface area contributed by atoms with Gasteiger partial charge in [-0.3, -0.25) is 4.79 Å². The van der Waals surface area contributed by atoms with Crippen molar-refractivity contribution < 1.29 is 14.3 Å². The molecule has 6 heteroatoms. The largest absolute Gasteiger partial charge is 0.452 e. The van der Waals surface area contributed by atoms with Crippen LogP contribution in [0.2, 0.25) is 0 Å². The third kappa shape index (κ3) is 7.04. The molecule has 1 aromatic heterocycles. The third-order valence-corrected chi connectivity index (χ3v) is 3.21. The lowest BCUT2D eigenvalue weighted by molar-refractivity contribution is -0.143.